The second-order valence-corrected chi connectivity index (χ2v) is 7.05. The van der Waals surface area contributed by atoms with E-state index in [9.17, 15) is 14.4 Å². The van der Waals surface area contributed by atoms with Crippen molar-refractivity contribution < 1.29 is 19.1 Å². The molecule has 7 nitrogen and oxygen atoms in total. The first kappa shape index (κ1) is 22.7. The van der Waals surface area contributed by atoms with Crippen LogP contribution in [-0.2, 0) is 4.79 Å². The van der Waals surface area contributed by atoms with Gasteiger partial charge in [-0.25, -0.2) is 10.2 Å². The molecule has 0 aliphatic rings. The van der Waals surface area contributed by atoms with Crippen molar-refractivity contribution in [2.75, 3.05) is 5.32 Å². The molecular formula is C24H20ClN3O4. The number of para-hydroxylation sites is 1. The third kappa shape index (κ3) is 6.26. The Morgan fingerprint density at radius 1 is 0.938 bits per heavy atom. The molecule has 3 rings (SSSR count). The molecule has 0 saturated heterocycles. The number of esters is 1. The molecule has 0 spiro atoms. The molecule has 0 unspecified atom stereocenters. The summed E-state index contributed by atoms with van der Waals surface area (Å²) in [5, 5.41) is 7.18. The topological polar surface area (TPSA) is 96.9 Å². The predicted octanol–water partition coefficient (Wildman–Crippen LogP) is 4.67. The summed E-state index contributed by atoms with van der Waals surface area (Å²) >= 11 is 5.84. The molecule has 3 aromatic carbocycles. The van der Waals surface area contributed by atoms with Gasteiger partial charge in [-0.1, -0.05) is 30.7 Å². The van der Waals surface area contributed by atoms with Gasteiger partial charge in [0.2, 0.25) is 5.91 Å². The Labute approximate surface area is 190 Å². The standard InChI is InChI=1S/C24H20ClN3O4/c1-2-22(29)27-20-13-9-16(10-14-20)23(30)28-26-15-18-5-3-4-6-21(18)32-24(31)17-7-11-19(25)12-8-17/h3-15H,2H2,1H3,(H,27,29)(H,28,30)/b26-15+. The number of rotatable bonds is 7. The molecule has 32 heavy (non-hydrogen) atoms. The maximum Gasteiger partial charge on any atom is 0.343 e. The van der Waals surface area contributed by atoms with Crippen molar-refractivity contribution in [3.8, 4) is 5.75 Å². The molecule has 8 heteroatoms. The van der Waals surface area contributed by atoms with Crippen LogP contribution in [-0.4, -0.2) is 24.0 Å². The first-order chi connectivity index (χ1) is 15.5. The highest BCUT2D eigenvalue weighted by Gasteiger charge is 2.11. The quantitative estimate of drug-likeness (QED) is 0.237. The summed E-state index contributed by atoms with van der Waals surface area (Å²) in [6.07, 6.45) is 1.76. The van der Waals surface area contributed by atoms with E-state index in [-0.39, 0.29) is 5.91 Å². The van der Waals surface area contributed by atoms with E-state index in [1.165, 1.54) is 6.21 Å². The van der Waals surface area contributed by atoms with E-state index in [4.69, 9.17) is 16.3 Å². The van der Waals surface area contributed by atoms with E-state index in [1.54, 1.807) is 79.7 Å². The van der Waals surface area contributed by atoms with Crippen LogP contribution in [0.1, 0.15) is 39.6 Å². The van der Waals surface area contributed by atoms with E-state index in [1.807, 2.05) is 0 Å². The summed E-state index contributed by atoms with van der Waals surface area (Å²) in [5.74, 6) is -0.782. The van der Waals surface area contributed by atoms with E-state index in [0.717, 1.165) is 0 Å². The van der Waals surface area contributed by atoms with Crippen LogP contribution in [0.2, 0.25) is 5.02 Å². The summed E-state index contributed by atoms with van der Waals surface area (Å²) in [7, 11) is 0. The van der Waals surface area contributed by atoms with Gasteiger partial charge in [-0.15, -0.1) is 0 Å². The average molecular weight is 450 g/mol. The Morgan fingerprint density at radius 2 is 1.59 bits per heavy atom. The van der Waals surface area contributed by atoms with E-state index < -0.39 is 11.9 Å². The lowest BCUT2D eigenvalue weighted by Gasteiger charge is -2.07. The molecule has 0 atom stereocenters. The van der Waals surface area contributed by atoms with E-state index in [0.29, 0.717) is 39.6 Å². The van der Waals surface area contributed by atoms with Crippen molar-refractivity contribution in [2.45, 2.75) is 13.3 Å². The van der Waals surface area contributed by atoms with Crippen LogP contribution < -0.4 is 15.5 Å². The molecule has 3 aromatic rings. The van der Waals surface area contributed by atoms with Crippen LogP contribution in [0.5, 0.6) is 5.75 Å². The molecule has 0 aliphatic carbocycles. The molecule has 0 saturated carbocycles. The minimum absolute atomic E-state index is 0.109. The number of hydrogen-bond acceptors (Lipinski definition) is 5. The number of anilines is 1. The van der Waals surface area contributed by atoms with Gasteiger partial charge >= 0.3 is 5.97 Å². The Morgan fingerprint density at radius 3 is 2.28 bits per heavy atom. The number of hydrogen-bond donors (Lipinski definition) is 2. The van der Waals surface area contributed by atoms with Gasteiger partial charge in [-0.2, -0.15) is 5.10 Å². The number of carbonyl (C=O) groups is 3. The number of hydrazone groups is 1. The van der Waals surface area contributed by atoms with Crippen LogP contribution >= 0.6 is 11.6 Å². The molecule has 162 valence electrons. The van der Waals surface area contributed by atoms with Crippen molar-refractivity contribution in [3.05, 3.63) is 94.5 Å². The summed E-state index contributed by atoms with van der Waals surface area (Å²) in [5.41, 5.74) is 4.27. The summed E-state index contributed by atoms with van der Waals surface area (Å²) < 4.78 is 5.45. The lowest BCUT2D eigenvalue weighted by molar-refractivity contribution is -0.115. The van der Waals surface area contributed by atoms with Crippen LogP contribution in [0.3, 0.4) is 0 Å². The van der Waals surface area contributed by atoms with Gasteiger partial charge in [-0.05, 0) is 60.7 Å². The number of nitrogens with zero attached hydrogens (tertiary/aromatic N) is 1. The van der Waals surface area contributed by atoms with Gasteiger partial charge in [-0.3, -0.25) is 9.59 Å². The van der Waals surface area contributed by atoms with Crippen molar-refractivity contribution in [1.29, 1.82) is 0 Å². The molecule has 0 radical (unpaired) electrons. The second kappa shape index (κ2) is 10.9. The zero-order valence-electron chi connectivity index (χ0n) is 17.2. The molecule has 0 bridgehead atoms. The van der Waals surface area contributed by atoms with Gasteiger partial charge in [0.25, 0.3) is 5.91 Å². The molecule has 0 fully saturated rings. The minimum Gasteiger partial charge on any atom is -0.422 e. The molecule has 0 aromatic heterocycles. The van der Waals surface area contributed by atoms with Gasteiger partial charge in [0.15, 0.2) is 0 Å². The largest absolute Gasteiger partial charge is 0.422 e. The van der Waals surface area contributed by atoms with Crippen LogP contribution in [0.4, 0.5) is 5.69 Å². The normalized spacial score (nSPS) is 10.6. The molecule has 0 aliphatic heterocycles. The smallest absolute Gasteiger partial charge is 0.343 e. The number of nitrogens with one attached hydrogen (secondary N) is 2. The fourth-order valence-corrected chi connectivity index (χ4v) is 2.73. The maximum atomic E-state index is 12.4. The van der Waals surface area contributed by atoms with Gasteiger partial charge in [0, 0.05) is 28.3 Å². The van der Waals surface area contributed by atoms with E-state index in [2.05, 4.69) is 15.8 Å². The van der Waals surface area contributed by atoms with Crippen molar-refractivity contribution >= 4 is 41.3 Å². The van der Waals surface area contributed by atoms with Crippen molar-refractivity contribution in [2.24, 2.45) is 5.10 Å². The first-order valence-electron chi connectivity index (χ1n) is 9.76. The number of ether oxygens (including phenoxy) is 1. The van der Waals surface area contributed by atoms with Gasteiger partial charge in [0.1, 0.15) is 5.75 Å². The van der Waals surface area contributed by atoms with Gasteiger partial charge < -0.3 is 10.1 Å². The van der Waals surface area contributed by atoms with Gasteiger partial charge in [0.05, 0.1) is 11.8 Å². The molecule has 2 amide bonds. The van der Waals surface area contributed by atoms with E-state index >= 15 is 0 Å². The molecular weight excluding hydrogens is 430 g/mol. The highest BCUT2D eigenvalue weighted by molar-refractivity contribution is 6.30. The lowest BCUT2D eigenvalue weighted by atomic mass is 10.2. The van der Waals surface area contributed by atoms with Crippen molar-refractivity contribution in [3.63, 3.8) is 0 Å². The summed E-state index contributed by atoms with van der Waals surface area (Å²) in [4.78, 5) is 36.1. The monoisotopic (exact) mass is 449 g/mol. The Hall–Kier alpha value is -3.97. The number of benzene rings is 3. The second-order valence-electron chi connectivity index (χ2n) is 6.61. The number of halogens is 1. The minimum atomic E-state index is -0.540. The highest BCUT2D eigenvalue weighted by atomic mass is 35.5. The Balaban J connectivity index is 1.63. The van der Waals surface area contributed by atoms with Crippen molar-refractivity contribution in [1.82, 2.24) is 5.43 Å². The highest BCUT2D eigenvalue weighted by Crippen LogP contribution is 2.18. The predicted molar refractivity (Wildman–Crippen MR) is 123 cm³/mol. The summed E-state index contributed by atoms with van der Waals surface area (Å²) in [6, 6.07) is 19.6. The zero-order valence-corrected chi connectivity index (χ0v) is 17.9. The molecule has 0 heterocycles. The third-order valence-corrected chi connectivity index (χ3v) is 4.58. The SMILES string of the molecule is CCC(=O)Nc1ccc(C(=O)N/N=C/c2ccccc2OC(=O)c2ccc(Cl)cc2)cc1. The number of carbonyl (C=O) groups excluding carboxylic acids is 3. The van der Waals surface area contributed by atoms with Crippen LogP contribution in [0, 0.1) is 0 Å². The van der Waals surface area contributed by atoms with Crippen LogP contribution in [0.25, 0.3) is 0 Å². The summed E-state index contributed by atoms with van der Waals surface area (Å²) in [6.45, 7) is 1.76. The maximum absolute atomic E-state index is 12.4. The average Bonchev–Trinajstić information content (AvgIpc) is 2.81. The third-order valence-electron chi connectivity index (χ3n) is 4.32. The Bertz CT molecular complexity index is 1140. The first-order valence-corrected chi connectivity index (χ1v) is 10.1. The fraction of sp³-hybridized carbons (Fsp3) is 0.0833. The zero-order chi connectivity index (χ0) is 22.9. The van der Waals surface area contributed by atoms with Crippen LogP contribution in [0.15, 0.2) is 77.9 Å². The number of amides is 2. The lowest BCUT2D eigenvalue weighted by Crippen LogP contribution is -2.18. The fourth-order valence-electron chi connectivity index (χ4n) is 2.60. The molecule has 2 N–H and O–H groups in total. The Kier molecular flexibility index (Phi) is 7.72.